The van der Waals surface area contributed by atoms with E-state index in [1.807, 2.05) is 30.1 Å². The molecule has 2 aliphatic heterocycles. The molecule has 6 nitrogen and oxygen atoms in total. The highest BCUT2D eigenvalue weighted by atomic mass is 16.5. The second kappa shape index (κ2) is 7.60. The van der Waals surface area contributed by atoms with Gasteiger partial charge < -0.3 is 19.0 Å². The van der Waals surface area contributed by atoms with Crippen LogP contribution in [0.15, 0.2) is 34.7 Å². The molecule has 3 heterocycles. The first-order valence-corrected chi connectivity index (χ1v) is 9.29. The maximum Gasteiger partial charge on any atom is 0.253 e. The van der Waals surface area contributed by atoms with Gasteiger partial charge in [0, 0.05) is 32.5 Å². The van der Waals surface area contributed by atoms with E-state index in [9.17, 15) is 4.79 Å². The van der Waals surface area contributed by atoms with Gasteiger partial charge in [-0.1, -0.05) is 30.3 Å². The van der Waals surface area contributed by atoms with E-state index < -0.39 is 0 Å². The number of oxazole rings is 1. The Balaban J connectivity index is 1.38. The normalized spacial score (nSPS) is 20.8. The fourth-order valence-corrected chi connectivity index (χ4v) is 3.57. The predicted molar refractivity (Wildman–Crippen MR) is 96.7 cm³/mol. The first-order valence-electron chi connectivity index (χ1n) is 9.29. The van der Waals surface area contributed by atoms with Crippen LogP contribution in [0.1, 0.15) is 22.9 Å². The first-order chi connectivity index (χ1) is 12.7. The van der Waals surface area contributed by atoms with Crippen molar-refractivity contribution in [1.82, 2.24) is 14.8 Å². The van der Waals surface area contributed by atoms with Crippen molar-refractivity contribution in [3.63, 3.8) is 0 Å². The average Bonchev–Trinajstić information content (AvgIpc) is 3.08. The van der Waals surface area contributed by atoms with Gasteiger partial charge in [0.2, 0.25) is 0 Å². The molecule has 1 atom stereocenters. The maximum absolute atomic E-state index is 12.7. The Labute approximate surface area is 153 Å². The zero-order valence-corrected chi connectivity index (χ0v) is 15.2. The molecule has 1 saturated heterocycles. The minimum atomic E-state index is -0.361. The summed E-state index contributed by atoms with van der Waals surface area (Å²) in [6.07, 6.45) is 2.05. The van der Waals surface area contributed by atoms with E-state index in [1.165, 1.54) is 5.56 Å². The van der Waals surface area contributed by atoms with Crippen LogP contribution in [-0.4, -0.2) is 60.1 Å². The largest absolute Gasteiger partial charge is 0.445 e. The van der Waals surface area contributed by atoms with Gasteiger partial charge in [-0.15, -0.1) is 0 Å². The Morgan fingerprint density at radius 3 is 2.88 bits per heavy atom. The van der Waals surface area contributed by atoms with Gasteiger partial charge in [-0.3, -0.25) is 4.79 Å². The minimum absolute atomic E-state index is 0.0658. The summed E-state index contributed by atoms with van der Waals surface area (Å²) in [6, 6.07) is 10.3. The molecule has 1 amide bonds. The lowest BCUT2D eigenvalue weighted by Gasteiger charge is -2.34. The van der Waals surface area contributed by atoms with Crippen molar-refractivity contribution in [2.75, 3.05) is 33.3 Å². The molecule has 1 unspecified atom stereocenters. The van der Waals surface area contributed by atoms with Gasteiger partial charge in [0.15, 0.2) is 5.89 Å². The first kappa shape index (κ1) is 17.2. The topological polar surface area (TPSA) is 58.8 Å². The number of benzene rings is 1. The Morgan fingerprint density at radius 2 is 2.08 bits per heavy atom. The number of amides is 1. The van der Waals surface area contributed by atoms with Crippen molar-refractivity contribution in [1.29, 1.82) is 0 Å². The molecule has 1 aromatic heterocycles. The summed E-state index contributed by atoms with van der Waals surface area (Å²) in [5.74, 6) is 1.76. The third-order valence-electron chi connectivity index (χ3n) is 5.10. The number of carbonyl (C=O) groups excluding carboxylic acids is 1. The molecule has 0 aliphatic carbocycles. The molecule has 1 aromatic carbocycles. The van der Waals surface area contributed by atoms with Crippen molar-refractivity contribution in [3.8, 4) is 0 Å². The van der Waals surface area contributed by atoms with Crippen LogP contribution >= 0.6 is 0 Å². The fraction of sp³-hybridized carbons (Fsp3) is 0.500. The van der Waals surface area contributed by atoms with Crippen LogP contribution in [0.5, 0.6) is 0 Å². The van der Waals surface area contributed by atoms with Crippen LogP contribution in [0.2, 0.25) is 0 Å². The van der Waals surface area contributed by atoms with E-state index in [0.717, 1.165) is 43.2 Å². The van der Waals surface area contributed by atoms with Gasteiger partial charge in [0.25, 0.3) is 5.91 Å². The van der Waals surface area contributed by atoms with Crippen molar-refractivity contribution >= 4 is 5.91 Å². The zero-order chi connectivity index (χ0) is 17.9. The van der Waals surface area contributed by atoms with Crippen LogP contribution in [-0.2, 0) is 35.3 Å². The van der Waals surface area contributed by atoms with E-state index in [4.69, 9.17) is 9.15 Å². The lowest BCUT2D eigenvalue weighted by atomic mass is 10.1. The number of aromatic nitrogens is 1. The summed E-state index contributed by atoms with van der Waals surface area (Å²) in [6.45, 7) is 3.33. The fourth-order valence-electron chi connectivity index (χ4n) is 3.57. The Bertz CT molecular complexity index is 759. The van der Waals surface area contributed by atoms with Crippen LogP contribution in [0.3, 0.4) is 0 Å². The molecule has 0 N–H and O–H groups in total. The SMILES string of the molecule is CN1CCOC(C(=O)N2CCc3oc(CCc4ccccc4)nc3C2)C1. The Morgan fingerprint density at radius 1 is 1.23 bits per heavy atom. The third-order valence-corrected chi connectivity index (χ3v) is 5.10. The van der Waals surface area contributed by atoms with E-state index in [-0.39, 0.29) is 12.0 Å². The lowest BCUT2D eigenvalue weighted by molar-refractivity contribution is -0.149. The number of morpholine rings is 1. The monoisotopic (exact) mass is 355 g/mol. The number of likely N-dealkylation sites (N-methyl/N-ethyl adjacent to an activating group) is 1. The molecule has 2 aliphatic rings. The summed E-state index contributed by atoms with van der Waals surface area (Å²) >= 11 is 0. The van der Waals surface area contributed by atoms with E-state index in [0.29, 0.717) is 26.2 Å². The molecule has 0 spiro atoms. The molecule has 0 radical (unpaired) electrons. The van der Waals surface area contributed by atoms with Crippen LogP contribution < -0.4 is 0 Å². The second-order valence-electron chi connectivity index (χ2n) is 7.09. The van der Waals surface area contributed by atoms with Crippen molar-refractivity contribution in [3.05, 3.63) is 53.2 Å². The van der Waals surface area contributed by atoms with Crippen LogP contribution in [0.25, 0.3) is 0 Å². The summed E-state index contributed by atoms with van der Waals surface area (Å²) in [5, 5.41) is 0. The minimum Gasteiger partial charge on any atom is -0.445 e. The molecule has 26 heavy (non-hydrogen) atoms. The Hall–Kier alpha value is -2.18. The maximum atomic E-state index is 12.7. The summed E-state index contributed by atoms with van der Waals surface area (Å²) < 4.78 is 11.6. The molecule has 1 fully saturated rings. The molecule has 0 bridgehead atoms. The number of nitrogens with zero attached hydrogens (tertiary/aromatic N) is 3. The van der Waals surface area contributed by atoms with Crippen molar-refractivity contribution in [2.24, 2.45) is 0 Å². The molecular weight excluding hydrogens is 330 g/mol. The highest BCUT2D eigenvalue weighted by molar-refractivity contribution is 5.81. The highest BCUT2D eigenvalue weighted by Gasteiger charge is 2.32. The summed E-state index contributed by atoms with van der Waals surface area (Å²) in [4.78, 5) is 21.4. The van der Waals surface area contributed by atoms with E-state index >= 15 is 0 Å². The van der Waals surface area contributed by atoms with Crippen LogP contribution in [0.4, 0.5) is 0 Å². The second-order valence-corrected chi connectivity index (χ2v) is 7.09. The number of fused-ring (bicyclic) bond motifs is 1. The molecule has 138 valence electrons. The van der Waals surface area contributed by atoms with Gasteiger partial charge >= 0.3 is 0 Å². The van der Waals surface area contributed by atoms with Crippen LogP contribution in [0, 0.1) is 0 Å². The summed E-state index contributed by atoms with van der Waals surface area (Å²) in [5.41, 5.74) is 2.18. The molecular formula is C20H25N3O3. The zero-order valence-electron chi connectivity index (χ0n) is 15.2. The Kier molecular flexibility index (Phi) is 5.04. The number of hydrogen-bond donors (Lipinski definition) is 0. The standard InChI is InChI=1S/C20H25N3O3/c1-22-11-12-25-18(14-22)20(24)23-10-9-17-16(13-23)21-19(26-17)8-7-15-5-3-2-4-6-15/h2-6,18H,7-14H2,1H3. The van der Waals surface area contributed by atoms with Gasteiger partial charge in [-0.2, -0.15) is 0 Å². The highest BCUT2D eigenvalue weighted by Crippen LogP contribution is 2.22. The average molecular weight is 355 g/mol. The summed E-state index contributed by atoms with van der Waals surface area (Å²) in [7, 11) is 2.02. The lowest BCUT2D eigenvalue weighted by Crippen LogP contribution is -2.50. The van der Waals surface area contributed by atoms with E-state index in [1.54, 1.807) is 0 Å². The van der Waals surface area contributed by atoms with Gasteiger partial charge in [-0.25, -0.2) is 4.98 Å². The number of aryl methyl sites for hydroxylation is 2. The van der Waals surface area contributed by atoms with Crippen molar-refractivity contribution in [2.45, 2.75) is 31.9 Å². The molecule has 4 rings (SSSR count). The number of rotatable bonds is 4. The van der Waals surface area contributed by atoms with E-state index in [2.05, 4.69) is 22.0 Å². The quantitative estimate of drug-likeness (QED) is 0.835. The smallest absolute Gasteiger partial charge is 0.253 e. The van der Waals surface area contributed by atoms with Crippen molar-refractivity contribution < 1.29 is 13.9 Å². The molecule has 0 saturated carbocycles. The van der Waals surface area contributed by atoms with Gasteiger partial charge in [-0.05, 0) is 19.0 Å². The predicted octanol–water partition coefficient (Wildman–Crippen LogP) is 1.68. The number of hydrogen-bond acceptors (Lipinski definition) is 5. The van der Waals surface area contributed by atoms with Gasteiger partial charge in [0.05, 0.1) is 13.2 Å². The number of carbonyl (C=O) groups is 1. The molecule has 6 heteroatoms. The molecule has 2 aromatic rings. The third kappa shape index (κ3) is 3.81. The van der Waals surface area contributed by atoms with Gasteiger partial charge in [0.1, 0.15) is 17.6 Å². The number of ether oxygens (including phenoxy) is 1.